The Kier molecular flexibility index (Phi) is 7.57. The number of benzene rings is 2. The van der Waals surface area contributed by atoms with Gasteiger partial charge in [-0.25, -0.2) is 0 Å². The number of alkyl halides is 3. The number of ether oxygens (including phenoxy) is 4. The molecule has 10 heteroatoms. The van der Waals surface area contributed by atoms with E-state index < -0.39 is 17.6 Å². The van der Waals surface area contributed by atoms with Crippen LogP contribution >= 0.6 is 0 Å². The van der Waals surface area contributed by atoms with E-state index in [1.165, 1.54) is 7.11 Å². The van der Waals surface area contributed by atoms with Crippen molar-refractivity contribution in [3.63, 3.8) is 0 Å². The summed E-state index contributed by atoms with van der Waals surface area (Å²) in [6, 6.07) is 7.53. The number of carbonyl (C=O) groups excluding carboxylic acids is 2. The van der Waals surface area contributed by atoms with Crippen LogP contribution in [0.25, 0.3) is 0 Å². The smallest absolute Gasteiger partial charge is 0.416 e. The minimum absolute atomic E-state index is 0.0709. The normalized spacial score (nSPS) is 12.9. The van der Waals surface area contributed by atoms with Gasteiger partial charge in [-0.1, -0.05) is 0 Å². The Hall–Kier alpha value is -3.27. The van der Waals surface area contributed by atoms with Crippen LogP contribution in [0.5, 0.6) is 17.2 Å². The van der Waals surface area contributed by atoms with Crippen LogP contribution in [-0.2, 0) is 15.7 Å². The molecule has 1 aliphatic rings. The fourth-order valence-electron chi connectivity index (χ4n) is 2.97. The molecule has 0 aliphatic carbocycles. The highest BCUT2D eigenvalue weighted by Gasteiger charge is 2.31. The highest BCUT2D eigenvalue weighted by atomic mass is 19.4. The number of nitrogens with one attached hydrogen (secondary N) is 1. The van der Waals surface area contributed by atoms with Gasteiger partial charge in [-0.3, -0.25) is 9.59 Å². The summed E-state index contributed by atoms with van der Waals surface area (Å²) in [5, 5.41) is 2.41. The molecule has 1 aliphatic heterocycles. The summed E-state index contributed by atoms with van der Waals surface area (Å²) in [4.78, 5) is 24.8. The van der Waals surface area contributed by atoms with Crippen LogP contribution in [0.1, 0.15) is 28.8 Å². The summed E-state index contributed by atoms with van der Waals surface area (Å²) in [6.45, 7) is 1.11. The van der Waals surface area contributed by atoms with Crippen molar-refractivity contribution >= 4 is 17.4 Å². The Morgan fingerprint density at radius 3 is 2.47 bits per heavy atom. The highest BCUT2D eigenvalue weighted by Crippen LogP contribution is 2.35. The number of Topliss-reactive ketones (excluding diaryl/α,β-unsaturated/α-hetero) is 1. The maximum Gasteiger partial charge on any atom is 0.416 e. The Balaban J connectivity index is 1.64. The van der Waals surface area contributed by atoms with Crippen molar-refractivity contribution in [2.24, 2.45) is 0 Å². The standard InChI is InChI=1S/C22H22F3NO6/c1-29-8-9-30-18-6-3-15(22(23,24)25)13-16(18)26-21(28)7-4-17(27)14-2-5-19-20(12-14)32-11-10-31-19/h2-3,5-6,12-13H,4,7-11H2,1H3,(H,26,28). The molecule has 1 amide bonds. The van der Waals surface area contributed by atoms with Crippen molar-refractivity contribution < 1.29 is 41.7 Å². The molecule has 0 atom stereocenters. The molecule has 0 saturated carbocycles. The minimum Gasteiger partial charge on any atom is -0.489 e. The van der Waals surface area contributed by atoms with Crippen molar-refractivity contribution in [1.29, 1.82) is 0 Å². The lowest BCUT2D eigenvalue weighted by Gasteiger charge is -2.18. The van der Waals surface area contributed by atoms with E-state index in [1.807, 2.05) is 0 Å². The van der Waals surface area contributed by atoms with Crippen molar-refractivity contribution in [1.82, 2.24) is 0 Å². The predicted molar refractivity (Wildman–Crippen MR) is 108 cm³/mol. The number of fused-ring (bicyclic) bond motifs is 1. The van der Waals surface area contributed by atoms with Crippen LogP contribution < -0.4 is 19.5 Å². The summed E-state index contributed by atoms with van der Waals surface area (Å²) in [6.07, 6.45) is -4.94. The molecule has 0 radical (unpaired) electrons. The molecule has 0 fully saturated rings. The first-order chi connectivity index (χ1) is 15.3. The first kappa shape index (κ1) is 23.4. The van der Waals surface area contributed by atoms with Crippen molar-refractivity contribution in [2.75, 3.05) is 38.9 Å². The molecule has 32 heavy (non-hydrogen) atoms. The van der Waals surface area contributed by atoms with Crippen LogP contribution in [0.2, 0.25) is 0 Å². The zero-order valence-electron chi connectivity index (χ0n) is 17.3. The second kappa shape index (κ2) is 10.4. The summed E-state index contributed by atoms with van der Waals surface area (Å²) in [7, 11) is 1.46. The number of hydrogen-bond acceptors (Lipinski definition) is 6. The Morgan fingerprint density at radius 1 is 1.00 bits per heavy atom. The molecule has 1 N–H and O–H groups in total. The summed E-state index contributed by atoms with van der Waals surface area (Å²) < 4.78 is 60.3. The van der Waals surface area contributed by atoms with Gasteiger partial charge < -0.3 is 24.3 Å². The molecule has 2 aromatic rings. The molecular weight excluding hydrogens is 431 g/mol. The van der Waals surface area contributed by atoms with E-state index in [2.05, 4.69) is 5.32 Å². The van der Waals surface area contributed by atoms with Crippen LogP contribution in [0.15, 0.2) is 36.4 Å². The number of halogens is 3. The molecule has 0 unspecified atom stereocenters. The van der Waals surface area contributed by atoms with Crippen molar-refractivity contribution in [3.8, 4) is 17.2 Å². The maximum atomic E-state index is 13.1. The van der Waals surface area contributed by atoms with Gasteiger partial charge in [0.05, 0.1) is 17.9 Å². The van der Waals surface area contributed by atoms with Crippen LogP contribution in [0.3, 0.4) is 0 Å². The van der Waals surface area contributed by atoms with Gasteiger partial charge in [0, 0.05) is 25.5 Å². The van der Waals surface area contributed by atoms with Gasteiger partial charge >= 0.3 is 6.18 Å². The molecule has 0 bridgehead atoms. The van der Waals surface area contributed by atoms with E-state index in [9.17, 15) is 22.8 Å². The zero-order valence-corrected chi connectivity index (χ0v) is 17.3. The van der Waals surface area contributed by atoms with Gasteiger partial charge in [-0.2, -0.15) is 13.2 Å². The van der Waals surface area contributed by atoms with E-state index in [0.717, 1.165) is 18.2 Å². The lowest BCUT2D eigenvalue weighted by molar-refractivity contribution is -0.137. The molecule has 1 heterocycles. The molecule has 0 aromatic heterocycles. The van der Waals surface area contributed by atoms with Gasteiger partial charge in [0.1, 0.15) is 25.6 Å². The molecular formula is C22H22F3NO6. The van der Waals surface area contributed by atoms with E-state index in [4.69, 9.17) is 18.9 Å². The summed E-state index contributed by atoms with van der Waals surface area (Å²) in [5.41, 5.74) is -0.711. The average molecular weight is 453 g/mol. The number of carbonyl (C=O) groups is 2. The number of anilines is 1. The lowest BCUT2D eigenvalue weighted by Crippen LogP contribution is -2.17. The second-order valence-corrected chi connectivity index (χ2v) is 6.88. The van der Waals surface area contributed by atoms with E-state index >= 15 is 0 Å². The molecule has 7 nitrogen and oxygen atoms in total. The number of methoxy groups -OCH3 is 1. The van der Waals surface area contributed by atoms with E-state index in [1.54, 1.807) is 18.2 Å². The first-order valence-corrected chi connectivity index (χ1v) is 9.83. The van der Waals surface area contributed by atoms with Crippen LogP contribution in [0, 0.1) is 0 Å². The fourth-order valence-corrected chi connectivity index (χ4v) is 2.97. The third-order valence-corrected chi connectivity index (χ3v) is 4.57. The fraction of sp³-hybridized carbons (Fsp3) is 0.364. The number of rotatable bonds is 9. The summed E-state index contributed by atoms with van der Waals surface area (Å²) >= 11 is 0. The molecule has 2 aromatic carbocycles. The third-order valence-electron chi connectivity index (χ3n) is 4.57. The van der Waals surface area contributed by atoms with Gasteiger partial charge in [-0.05, 0) is 36.4 Å². The molecule has 3 rings (SSSR count). The summed E-state index contributed by atoms with van der Waals surface area (Å²) in [5.74, 6) is 0.135. The van der Waals surface area contributed by atoms with Crippen LogP contribution in [0.4, 0.5) is 18.9 Å². The van der Waals surface area contributed by atoms with Gasteiger partial charge in [0.25, 0.3) is 0 Å². The molecule has 0 saturated heterocycles. The van der Waals surface area contributed by atoms with Crippen molar-refractivity contribution in [3.05, 3.63) is 47.5 Å². The number of hydrogen-bond donors (Lipinski definition) is 1. The van der Waals surface area contributed by atoms with Gasteiger partial charge in [-0.15, -0.1) is 0 Å². The monoisotopic (exact) mass is 453 g/mol. The van der Waals surface area contributed by atoms with Crippen molar-refractivity contribution in [2.45, 2.75) is 19.0 Å². The largest absolute Gasteiger partial charge is 0.489 e. The molecule has 0 spiro atoms. The van der Waals surface area contributed by atoms with Gasteiger partial charge in [0.15, 0.2) is 17.3 Å². The lowest BCUT2D eigenvalue weighted by atomic mass is 10.1. The number of ketones is 1. The van der Waals surface area contributed by atoms with E-state index in [-0.39, 0.29) is 43.3 Å². The van der Waals surface area contributed by atoms with Crippen LogP contribution in [-0.4, -0.2) is 45.2 Å². The minimum atomic E-state index is -4.58. The Morgan fingerprint density at radius 2 is 1.75 bits per heavy atom. The number of amides is 1. The third kappa shape index (κ3) is 6.13. The topological polar surface area (TPSA) is 83.1 Å². The SMILES string of the molecule is COCCOc1ccc(C(F)(F)F)cc1NC(=O)CCC(=O)c1ccc2c(c1)OCCO2. The van der Waals surface area contributed by atoms with E-state index in [0.29, 0.717) is 30.3 Å². The Labute approximate surface area is 182 Å². The first-order valence-electron chi connectivity index (χ1n) is 9.83. The average Bonchev–Trinajstić information content (AvgIpc) is 2.77. The van der Waals surface area contributed by atoms with Gasteiger partial charge in [0.2, 0.25) is 5.91 Å². The second-order valence-electron chi connectivity index (χ2n) is 6.88. The maximum absolute atomic E-state index is 13.1. The molecule has 172 valence electrons. The Bertz CT molecular complexity index is 977. The highest BCUT2D eigenvalue weighted by molar-refractivity contribution is 6.00. The zero-order chi connectivity index (χ0) is 23.1. The predicted octanol–water partition coefficient (Wildman–Crippen LogP) is 4.10. The quantitative estimate of drug-likeness (QED) is 0.455.